The molecule has 8 heteroatoms. The highest BCUT2D eigenvalue weighted by Gasteiger charge is 2.27. The average molecular weight is 325 g/mol. The zero-order valence-electron chi connectivity index (χ0n) is 12.4. The number of carboxylic acid groups (broad SMARTS) is 1. The summed E-state index contributed by atoms with van der Waals surface area (Å²) in [5, 5.41) is 18.4. The monoisotopic (exact) mass is 325 g/mol. The Bertz CT molecular complexity index is 832. The van der Waals surface area contributed by atoms with E-state index in [1.807, 2.05) is 0 Å². The summed E-state index contributed by atoms with van der Waals surface area (Å²) >= 11 is 0. The Morgan fingerprint density at radius 3 is 2.88 bits per heavy atom. The maximum absolute atomic E-state index is 10.7. The van der Waals surface area contributed by atoms with Gasteiger partial charge in [-0.05, 0) is 35.3 Å². The highest BCUT2D eigenvalue weighted by Crippen LogP contribution is 2.35. The van der Waals surface area contributed by atoms with Crippen molar-refractivity contribution in [1.82, 2.24) is 0 Å². The zero-order chi connectivity index (χ0) is 17.1. The van der Waals surface area contributed by atoms with E-state index in [-0.39, 0.29) is 12.4 Å². The van der Waals surface area contributed by atoms with E-state index in [4.69, 9.17) is 25.8 Å². The van der Waals surface area contributed by atoms with E-state index in [0.29, 0.717) is 22.6 Å². The van der Waals surface area contributed by atoms with Gasteiger partial charge in [0.15, 0.2) is 23.8 Å². The van der Waals surface area contributed by atoms with E-state index in [0.717, 1.165) is 5.56 Å². The Balaban J connectivity index is 1.86. The van der Waals surface area contributed by atoms with Crippen LogP contribution in [-0.4, -0.2) is 29.8 Å². The molecule has 2 N–H and O–H groups in total. The van der Waals surface area contributed by atoms with E-state index in [9.17, 15) is 9.82 Å². The third-order valence-corrected chi connectivity index (χ3v) is 3.41. The van der Waals surface area contributed by atoms with E-state index in [2.05, 4.69) is 4.85 Å². The van der Waals surface area contributed by atoms with Crippen molar-refractivity contribution in [2.24, 2.45) is 0 Å². The van der Waals surface area contributed by atoms with Gasteiger partial charge in [-0.3, -0.25) is 0 Å². The van der Waals surface area contributed by atoms with Gasteiger partial charge >= 0.3 is 13.1 Å². The summed E-state index contributed by atoms with van der Waals surface area (Å²) in [6, 6.07) is 9.62. The van der Waals surface area contributed by atoms with Gasteiger partial charge < -0.3 is 24.3 Å². The molecule has 0 saturated heterocycles. The van der Waals surface area contributed by atoms with Gasteiger partial charge in [0.2, 0.25) is 0 Å². The first-order valence-corrected chi connectivity index (χ1v) is 7.03. The SMILES string of the molecule is [C-]#[N+]c1ccc(Oc2ccc3c(c2)COB3O)c(OCC(=O)O)c1. The van der Waals surface area contributed by atoms with Gasteiger partial charge in [-0.2, -0.15) is 0 Å². The molecule has 2 aromatic carbocycles. The molecule has 0 saturated carbocycles. The molecular formula is C16H12BNO6. The van der Waals surface area contributed by atoms with E-state index < -0.39 is 19.7 Å². The van der Waals surface area contributed by atoms with E-state index >= 15 is 0 Å². The van der Waals surface area contributed by atoms with Crippen molar-refractivity contribution >= 4 is 24.2 Å². The Kier molecular flexibility index (Phi) is 4.38. The minimum Gasteiger partial charge on any atom is -0.479 e. The predicted molar refractivity (Wildman–Crippen MR) is 84.7 cm³/mol. The fourth-order valence-electron chi connectivity index (χ4n) is 2.30. The lowest BCUT2D eigenvalue weighted by atomic mass is 9.80. The molecule has 0 amide bonds. The van der Waals surface area contributed by atoms with Crippen molar-refractivity contribution in [3.8, 4) is 17.2 Å². The van der Waals surface area contributed by atoms with Crippen LogP contribution < -0.4 is 14.9 Å². The van der Waals surface area contributed by atoms with Crippen molar-refractivity contribution in [3.05, 3.63) is 53.4 Å². The number of carboxylic acids is 1. The minimum atomic E-state index is -1.13. The lowest BCUT2D eigenvalue weighted by Gasteiger charge is -2.12. The molecule has 0 unspecified atom stereocenters. The molecule has 1 aliphatic rings. The summed E-state index contributed by atoms with van der Waals surface area (Å²) in [7, 11) is -0.929. The molecule has 1 aliphatic heterocycles. The van der Waals surface area contributed by atoms with Crippen molar-refractivity contribution in [1.29, 1.82) is 0 Å². The second kappa shape index (κ2) is 6.62. The van der Waals surface area contributed by atoms with Crippen molar-refractivity contribution in [2.45, 2.75) is 6.61 Å². The van der Waals surface area contributed by atoms with Gasteiger partial charge in [0.1, 0.15) is 5.75 Å². The van der Waals surface area contributed by atoms with Crippen LogP contribution in [-0.2, 0) is 16.1 Å². The van der Waals surface area contributed by atoms with Crippen LogP contribution in [0.1, 0.15) is 5.56 Å². The van der Waals surface area contributed by atoms with Crippen molar-refractivity contribution < 1.29 is 29.1 Å². The number of rotatable bonds is 5. The molecule has 0 spiro atoms. The van der Waals surface area contributed by atoms with Crippen LogP contribution >= 0.6 is 0 Å². The van der Waals surface area contributed by atoms with E-state index in [1.54, 1.807) is 30.3 Å². The quantitative estimate of drug-likeness (QED) is 0.643. The third kappa shape index (κ3) is 3.32. The van der Waals surface area contributed by atoms with Crippen LogP contribution in [0.3, 0.4) is 0 Å². The Labute approximate surface area is 138 Å². The molecule has 0 fully saturated rings. The first-order valence-electron chi connectivity index (χ1n) is 7.03. The number of hydrogen-bond donors (Lipinski definition) is 2. The molecule has 7 nitrogen and oxygen atoms in total. The summed E-state index contributed by atoms with van der Waals surface area (Å²) in [6.45, 7) is 6.77. The molecule has 1 heterocycles. The van der Waals surface area contributed by atoms with Crippen LogP contribution in [0.25, 0.3) is 4.85 Å². The van der Waals surface area contributed by atoms with Crippen molar-refractivity contribution in [3.63, 3.8) is 0 Å². The number of aliphatic carboxylic acids is 1. The Morgan fingerprint density at radius 1 is 1.29 bits per heavy atom. The van der Waals surface area contributed by atoms with Crippen LogP contribution in [0.2, 0.25) is 0 Å². The minimum absolute atomic E-state index is 0.169. The van der Waals surface area contributed by atoms with Gasteiger partial charge in [-0.15, -0.1) is 0 Å². The Morgan fingerprint density at radius 2 is 2.12 bits per heavy atom. The average Bonchev–Trinajstić information content (AvgIpc) is 2.94. The fourth-order valence-corrected chi connectivity index (χ4v) is 2.30. The molecular weight excluding hydrogens is 313 g/mol. The number of carbonyl (C=O) groups is 1. The standard InChI is InChI=1S/C16H12BNO6/c1-18-11-2-5-14(15(7-11)22-9-16(19)20)24-12-3-4-13-10(6-12)8-23-17(13)21/h2-7,21H,8-9H2,(H,19,20). The van der Waals surface area contributed by atoms with Gasteiger partial charge in [0, 0.05) is 0 Å². The normalized spacial score (nSPS) is 12.4. The van der Waals surface area contributed by atoms with Crippen LogP contribution in [0.5, 0.6) is 17.2 Å². The first kappa shape index (κ1) is 15.9. The highest BCUT2D eigenvalue weighted by molar-refractivity contribution is 6.61. The molecule has 3 rings (SSSR count). The first-order chi connectivity index (χ1) is 11.6. The number of ether oxygens (including phenoxy) is 2. The number of fused-ring (bicyclic) bond motifs is 1. The molecule has 120 valence electrons. The summed E-state index contributed by atoms with van der Waals surface area (Å²) in [5.74, 6) is -0.175. The van der Waals surface area contributed by atoms with Crippen LogP contribution in [0, 0.1) is 6.57 Å². The summed E-state index contributed by atoms with van der Waals surface area (Å²) in [6.07, 6.45) is 0. The highest BCUT2D eigenvalue weighted by atomic mass is 16.5. The summed E-state index contributed by atoms with van der Waals surface area (Å²) in [5.41, 5.74) is 1.81. The molecule has 2 aromatic rings. The fraction of sp³-hybridized carbons (Fsp3) is 0.125. The van der Waals surface area contributed by atoms with Crippen LogP contribution in [0.15, 0.2) is 36.4 Å². The molecule has 0 bridgehead atoms. The predicted octanol–water partition coefficient (Wildman–Crippen LogP) is 1.71. The van der Waals surface area contributed by atoms with E-state index in [1.165, 1.54) is 6.07 Å². The summed E-state index contributed by atoms with van der Waals surface area (Å²) in [4.78, 5) is 14.0. The Hall–Kier alpha value is -3.02. The van der Waals surface area contributed by atoms with Gasteiger partial charge in [-0.25, -0.2) is 9.64 Å². The smallest absolute Gasteiger partial charge is 0.479 e. The maximum atomic E-state index is 10.7. The van der Waals surface area contributed by atoms with Gasteiger partial charge in [-0.1, -0.05) is 12.1 Å². The molecule has 0 atom stereocenters. The molecule has 24 heavy (non-hydrogen) atoms. The van der Waals surface area contributed by atoms with Crippen LogP contribution in [0.4, 0.5) is 5.69 Å². The maximum Gasteiger partial charge on any atom is 0.491 e. The zero-order valence-corrected chi connectivity index (χ0v) is 12.4. The molecule has 0 radical (unpaired) electrons. The number of hydrogen-bond acceptors (Lipinski definition) is 5. The summed E-state index contributed by atoms with van der Waals surface area (Å²) < 4.78 is 16.1. The van der Waals surface area contributed by atoms with Crippen molar-refractivity contribution in [2.75, 3.05) is 6.61 Å². The molecule has 0 aliphatic carbocycles. The largest absolute Gasteiger partial charge is 0.491 e. The molecule has 0 aromatic heterocycles. The lowest BCUT2D eigenvalue weighted by Crippen LogP contribution is -2.27. The lowest BCUT2D eigenvalue weighted by molar-refractivity contribution is -0.139. The number of benzene rings is 2. The third-order valence-electron chi connectivity index (χ3n) is 3.41. The van der Waals surface area contributed by atoms with Gasteiger partial charge in [0.05, 0.1) is 13.2 Å². The van der Waals surface area contributed by atoms with Gasteiger partial charge in [0.25, 0.3) is 0 Å². The topological polar surface area (TPSA) is 89.6 Å². The second-order valence-electron chi connectivity index (χ2n) is 5.05. The second-order valence-corrected chi connectivity index (χ2v) is 5.05. The number of nitrogens with zero attached hydrogens (tertiary/aromatic N) is 1.